The summed E-state index contributed by atoms with van der Waals surface area (Å²) < 4.78 is 39.5. The molecule has 1 aromatic heterocycles. The van der Waals surface area contributed by atoms with Crippen molar-refractivity contribution in [1.82, 2.24) is 9.78 Å². The molecule has 2 rings (SSSR count). The molecule has 0 radical (unpaired) electrons. The molecule has 1 heterocycles. The normalized spacial score (nSPS) is 11.8. The average molecular weight is 340 g/mol. The molecular formula is C11H7BrClF3N2. The monoisotopic (exact) mass is 338 g/mol. The van der Waals surface area contributed by atoms with Crippen LogP contribution in [0.25, 0.3) is 5.69 Å². The van der Waals surface area contributed by atoms with Crippen molar-refractivity contribution in [3.8, 4) is 5.69 Å². The first kappa shape index (κ1) is 13.4. The summed E-state index contributed by atoms with van der Waals surface area (Å²) in [5.41, 5.74) is -0.540. The van der Waals surface area contributed by atoms with E-state index in [2.05, 4.69) is 21.0 Å². The second-order valence-corrected chi connectivity index (χ2v) is 4.42. The summed E-state index contributed by atoms with van der Waals surface area (Å²) in [5.74, 6) is 0. The fourth-order valence-corrected chi connectivity index (χ4v) is 2.50. The van der Waals surface area contributed by atoms with Gasteiger partial charge >= 0.3 is 6.18 Å². The molecular weight excluding hydrogens is 332 g/mol. The van der Waals surface area contributed by atoms with Crippen molar-refractivity contribution in [2.75, 3.05) is 0 Å². The Morgan fingerprint density at radius 1 is 1.22 bits per heavy atom. The second-order valence-electron chi connectivity index (χ2n) is 3.50. The molecule has 2 aromatic rings. The topological polar surface area (TPSA) is 17.8 Å². The standard InChI is InChI=1S/C11H7BrClF3N2/c12-6-8-9(11(14,15)16)17-18(10(8)13)7-4-2-1-3-5-7/h1-5H,6H2. The highest BCUT2D eigenvalue weighted by molar-refractivity contribution is 9.08. The first-order chi connectivity index (χ1) is 8.45. The summed E-state index contributed by atoms with van der Waals surface area (Å²) in [5, 5.41) is 3.51. The molecule has 96 valence electrons. The van der Waals surface area contributed by atoms with E-state index in [1.165, 1.54) is 0 Å². The van der Waals surface area contributed by atoms with E-state index in [1.54, 1.807) is 30.3 Å². The van der Waals surface area contributed by atoms with Gasteiger partial charge in [0.1, 0.15) is 5.15 Å². The molecule has 1 aromatic carbocycles. The van der Waals surface area contributed by atoms with Crippen molar-refractivity contribution in [3.63, 3.8) is 0 Å². The highest BCUT2D eigenvalue weighted by Gasteiger charge is 2.38. The fourth-order valence-electron chi connectivity index (χ4n) is 1.52. The van der Waals surface area contributed by atoms with Crippen molar-refractivity contribution in [2.24, 2.45) is 0 Å². The first-order valence-corrected chi connectivity index (χ1v) is 6.41. The van der Waals surface area contributed by atoms with Gasteiger partial charge in [-0.05, 0) is 12.1 Å². The van der Waals surface area contributed by atoms with Crippen LogP contribution in [0.1, 0.15) is 11.3 Å². The molecule has 0 atom stereocenters. The minimum Gasteiger partial charge on any atom is -0.221 e. The highest BCUT2D eigenvalue weighted by atomic mass is 79.9. The van der Waals surface area contributed by atoms with Gasteiger partial charge in [0.25, 0.3) is 0 Å². The van der Waals surface area contributed by atoms with E-state index in [9.17, 15) is 13.2 Å². The molecule has 0 unspecified atom stereocenters. The third-order valence-corrected chi connectivity index (χ3v) is 3.27. The van der Waals surface area contributed by atoms with Gasteiger partial charge in [0.2, 0.25) is 0 Å². The predicted molar refractivity (Wildman–Crippen MR) is 66.2 cm³/mol. The van der Waals surface area contributed by atoms with Crippen LogP contribution in [0.5, 0.6) is 0 Å². The number of hydrogen-bond donors (Lipinski definition) is 0. The van der Waals surface area contributed by atoms with E-state index in [0.717, 1.165) is 4.68 Å². The smallest absolute Gasteiger partial charge is 0.221 e. The van der Waals surface area contributed by atoms with Gasteiger partial charge in [0.15, 0.2) is 5.69 Å². The van der Waals surface area contributed by atoms with E-state index in [0.29, 0.717) is 5.69 Å². The molecule has 0 aliphatic carbocycles. The molecule has 7 heteroatoms. The Labute approximate surface area is 114 Å². The maximum absolute atomic E-state index is 12.8. The van der Waals surface area contributed by atoms with Crippen LogP contribution in [-0.4, -0.2) is 9.78 Å². The molecule has 0 spiro atoms. The van der Waals surface area contributed by atoms with Crippen LogP contribution in [0.3, 0.4) is 0 Å². The summed E-state index contributed by atoms with van der Waals surface area (Å²) in [7, 11) is 0. The average Bonchev–Trinajstić information content (AvgIpc) is 2.67. The Morgan fingerprint density at radius 2 is 1.83 bits per heavy atom. The number of hydrogen-bond acceptors (Lipinski definition) is 1. The van der Waals surface area contributed by atoms with Gasteiger partial charge in [-0.15, -0.1) is 0 Å². The van der Waals surface area contributed by atoms with Crippen molar-refractivity contribution in [3.05, 3.63) is 46.7 Å². The van der Waals surface area contributed by atoms with Gasteiger partial charge in [-0.1, -0.05) is 45.7 Å². The van der Waals surface area contributed by atoms with Gasteiger partial charge in [0.05, 0.1) is 5.69 Å². The molecule has 0 aliphatic rings. The van der Waals surface area contributed by atoms with Crippen LogP contribution in [-0.2, 0) is 11.5 Å². The second kappa shape index (κ2) is 4.93. The largest absolute Gasteiger partial charge is 0.435 e. The maximum Gasteiger partial charge on any atom is 0.435 e. The molecule has 0 N–H and O–H groups in total. The van der Waals surface area contributed by atoms with Crippen molar-refractivity contribution >= 4 is 27.5 Å². The SMILES string of the molecule is FC(F)(F)c1nn(-c2ccccc2)c(Cl)c1CBr. The van der Waals surface area contributed by atoms with E-state index in [4.69, 9.17) is 11.6 Å². The van der Waals surface area contributed by atoms with Crippen LogP contribution in [0.15, 0.2) is 30.3 Å². The fraction of sp³-hybridized carbons (Fsp3) is 0.182. The van der Waals surface area contributed by atoms with E-state index in [1.807, 2.05) is 0 Å². The number of para-hydroxylation sites is 1. The molecule has 0 bridgehead atoms. The lowest BCUT2D eigenvalue weighted by atomic mass is 10.3. The van der Waals surface area contributed by atoms with E-state index >= 15 is 0 Å². The van der Waals surface area contributed by atoms with Crippen molar-refractivity contribution in [1.29, 1.82) is 0 Å². The lowest BCUT2D eigenvalue weighted by Gasteiger charge is -2.03. The summed E-state index contributed by atoms with van der Waals surface area (Å²) in [6, 6.07) is 8.44. The van der Waals surface area contributed by atoms with E-state index in [-0.39, 0.29) is 16.0 Å². The minimum atomic E-state index is -4.52. The van der Waals surface area contributed by atoms with Gasteiger partial charge in [-0.3, -0.25) is 0 Å². The Balaban J connectivity index is 2.61. The lowest BCUT2D eigenvalue weighted by molar-refractivity contribution is -0.141. The Bertz CT molecular complexity index is 551. The van der Waals surface area contributed by atoms with Gasteiger partial charge in [-0.25, -0.2) is 4.68 Å². The number of benzene rings is 1. The summed E-state index contributed by atoms with van der Waals surface area (Å²) in [4.78, 5) is 0. The van der Waals surface area contributed by atoms with Crippen LogP contribution >= 0.6 is 27.5 Å². The maximum atomic E-state index is 12.8. The van der Waals surface area contributed by atoms with E-state index < -0.39 is 11.9 Å². The first-order valence-electron chi connectivity index (χ1n) is 4.91. The summed E-state index contributed by atoms with van der Waals surface area (Å²) >= 11 is 8.94. The molecule has 0 saturated heterocycles. The third kappa shape index (κ3) is 2.40. The number of rotatable bonds is 2. The number of alkyl halides is 4. The van der Waals surface area contributed by atoms with Gasteiger partial charge in [0, 0.05) is 10.9 Å². The van der Waals surface area contributed by atoms with Gasteiger partial charge in [-0.2, -0.15) is 18.3 Å². The molecule has 0 fully saturated rings. The van der Waals surface area contributed by atoms with Crippen molar-refractivity contribution in [2.45, 2.75) is 11.5 Å². The molecule has 2 nitrogen and oxygen atoms in total. The third-order valence-electron chi connectivity index (χ3n) is 2.32. The Morgan fingerprint density at radius 3 is 2.28 bits per heavy atom. The van der Waals surface area contributed by atoms with Crippen LogP contribution < -0.4 is 0 Å². The summed E-state index contributed by atoms with van der Waals surface area (Å²) in [6.07, 6.45) is -4.52. The molecule has 0 aliphatic heterocycles. The van der Waals surface area contributed by atoms with Crippen LogP contribution in [0.4, 0.5) is 13.2 Å². The quantitative estimate of drug-likeness (QED) is 0.740. The Kier molecular flexibility index (Phi) is 3.68. The number of halogens is 5. The zero-order valence-corrected chi connectivity index (χ0v) is 11.2. The minimum absolute atomic E-state index is 0.00644. The van der Waals surface area contributed by atoms with Crippen molar-refractivity contribution < 1.29 is 13.2 Å². The molecule has 0 amide bonds. The number of aromatic nitrogens is 2. The zero-order valence-electron chi connectivity index (χ0n) is 8.88. The molecule has 0 saturated carbocycles. The number of nitrogens with zero attached hydrogens (tertiary/aromatic N) is 2. The zero-order chi connectivity index (χ0) is 13.3. The molecule has 18 heavy (non-hydrogen) atoms. The van der Waals surface area contributed by atoms with Crippen LogP contribution in [0, 0.1) is 0 Å². The van der Waals surface area contributed by atoms with Gasteiger partial charge < -0.3 is 0 Å². The summed E-state index contributed by atoms with van der Waals surface area (Å²) in [6.45, 7) is 0. The predicted octanol–water partition coefficient (Wildman–Crippen LogP) is 4.44. The highest BCUT2D eigenvalue weighted by Crippen LogP contribution is 2.36. The lowest BCUT2D eigenvalue weighted by Crippen LogP contribution is -2.09. The Hall–Kier alpha value is -1.01. The van der Waals surface area contributed by atoms with Crippen LogP contribution in [0.2, 0.25) is 5.15 Å².